The molecule has 1 N–H and O–H groups in total. The molecule has 1 saturated heterocycles. The SMILES string of the molecule is Cc1cc(N2CCN(C)CC2)ccc1NC(=O)N(C)C1CCCc2ccccc21. The van der Waals surface area contributed by atoms with Crippen LogP contribution in [-0.4, -0.2) is 56.1 Å². The van der Waals surface area contributed by atoms with Gasteiger partial charge in [0.25, 0.3) is 0 Å². The van der Waals surface area contributed by atoms with E-state index in [9.17, 15) is 4.79 Å². The first-order valence-electron chi connectivity index (χ1n) is 10.7. The lowest BCUT2D eigenvalue weighted by atomic mass is 9.87. The van der Waals surface area contributed by atoms with Crippen LogP contribution in [0.4, 0.5) is 16.2 Å². The summed E-state index contributed by atoms with van der Waals surface area (Å²) >= 11 is 0. The van der Waals surface area contributed by atoms with Crippen molar-refractivity contribution in [2.45, 2.75) is 32.2 Å². The number of aryl methyl sites for hydroxylation is 2. The number of hydrogen-bond acceptors (Lipinski definition) is 3. The topological polar surface area (TPSA) is 38.8 Å². The van der Waals surface area contributed by atoms with Crippen LogP contribution in [0.2, 0.25) is 0 Å². The van der Waals surface area contributed by atoms with Crippen LogP contribution in [0.5, 0.6) is 0 Å². The molecule has 0 radical (unpaired) electrons. The number of urea groups is 1. The average molecular weight is 393 g/mol. The normalized spacial score (nSPS) is 19.6. The summed E-state index contributed by atoms with van der Waals surface area (Å²) in [7, 11) is 4.08. The number of piperazine rings is 1. The molecule has 1 aliphatic heterocycles. The molecule has 2 amide bonds. The monoisotopic (exact) mass is 392 g/mol. The number of nitrogens with zero attached hydrogens (tertiary/aromatic N) is 3. The predicted molar refractivity (Wildman–Crippen MR) is 120 cm³/mol. The maximum absolute atomic E-state index is 13.0. The fraction of sp³-hybridized carbons (Fsp3) is 0.458. The van der Waals surface area contributed by atoms with E-state index < -0.39 is 0 Å². The van der Waals surface area contributed by atoms with E-state index in [1.165, 1.54) is 16.8 Å². The molecule has 1 aliphatic carbocycles. The number of carbonyl (C=O) groups is 1. The molecule has 0 spiro atoms. The Balaban J connectivity index is 1.44. The number of rotatable bonds is 3. The van der Waals surface area contributed by atoms with Gasteiger partial charge in [0.2, 0.25) is 0 Å². The fourth-order valence-corrected chi connectivity index (χ4v) is 4.52. The van der Waals surface area contributed by atoms with Crippen LogP contribution >= 0.6 is 0 Å². The van der Waals surface area contributed by atoms with E-state index in [0.717, 1.165) is 56.7 Å². The Hall–Kier alpha value is -2.53. The Kier molecular flexibility index (Phi) is 5.76. The lowest BCUT2D eigenvalue weighted by molar-refractivity contribution is 0.197. The number of fused-ring (bicyclic) bond motifs is 1. The second kappa shape index (κ2) is 8.46. The molecule has 4 rings (SSSR count). The Bertz CT molecular complexity index is 873. The minimum absolute atomic E-state index is 0.0397. The van der Waals surface area contributed by atoms with E-state index >= 15 is 0 Å². The van der Waals surface area contributed by atoms with Crippen molar-refractivity contribution < 1.29 is 4.79 Å². The summed E-state index contributed by atoms with van der Waals surface area (Å²) in [6, 6.07) is 15.0. The van der Waals surface area contributed by atoms with Gasteiger partial charge in [0.1, 0.15) is 0 Å². The highest BCUT2D eigenvalue weighted by molar-refractivity contribution is 5.90. The van der Waals surface area contributed by atoms with Crippen molar-refractivity contribution in [2.24, 2.45) is 0 Å². The highest BCUT2D eigenvalue weighted by atomic mass is 16.2. The van der Waals surface area contributed by atoms with Gasteiger partial charge in [-0.1, -0.05) is 24.3 Å². The molecule has 5 nitrogen and oxygen atoms in total. The number of nitrogens with one attached hydrogen (secondary N) is 1. The van der Waals surface area contributed by atoms with Crippen molar-refractivity contribution in [1.82, 2.24) is 9.80 Å². The van der Waals surface area contributed by atoms with Crippen LogP contribution in [0.25, 0.3) is 0 Å². The van der Waals surface area contributed by atoms with Crippen LogP contribution in [0.3, 0.4) is 0 Å². The molecule has 1 atom stereocenters. The number of likely N-dealkylation sites (N-methyl/N-ethyl adjacent to an activating group) is 1. The number of amides is 2. The van der Waals surface area contributed by atoms with Crippen LogP contribution < -0.4 is 10.2 Å². The van der Waals surface area contributed by atoms with Gasteiger partial charge in [-0.05, 0) is 68.1 Å². The van der Waals surface area contributed by atoms with E-state index in [2.05, 4.69) is 65.5 Å². The lowest BCUT2D eigenvalue weighted by Gasteiger charge is -2.34. The van der Waals surface area contributed by atoms with Crippen molar-refractivity contribution in [3.05, 3.63) is 59.2 Å². The minimum Gasteiger partial charge on any atom is -0.369 e. The second-order valence-corrected chi connectivity index (χ2v) is 8.44. The van der Waals surface area contributed by atoms with Gasteiger partial charge in [0.15, 0.2) is 0 Å². The summed E-state index contributed by atoms with van der Waals surface area (Å²) < 4.78 is 0. The molecule has 0 aromatic heterocycles. The van der Waals surface area contributed by atoms with Gasteiger partial charge in [0, 0.05) is 44.6 Å². The molecule has 1 fully saturated rings. The van der Waals surface area contributed by atoms with Gasteiger partial charge in [-0.2, -0.15) is 0 Å². The third-order valence-corrected chi connectivity index (χ3v) is 6.45. The molecule has 2 aromatic carbocycles. The largest absolute Gasteiger partial charge is 0.369 e. The molecule has 29 heavy (non-hydrogen) atoms. The maximum Gasteiger partial charge on any atom is 0.322 e. The van der Waals surface area contributed by atoms with E-state index in [-0.39, 0.29) is 12.1 Å². The van der Waals surface area contributed by atoms with Gasteiger partial charge in [0.05, 0.1) is 6.04 Å². The first-order chi connectivity index (χ1) is 14.0. The maximum atomic E-state index is 13.0. The summed E-state index contributed by atoms with van der Waals surface area (Å²) in [5.74, 6) is 0. The first kappa shape index (κ1) is 19.8. The first-order valence-corrected chi connectivity index (χ1v) is 10.7. The number of hydrogen-bond donors (Lipinski definition) is 1. The predicted octanol–water partition coefficient (Wildman–Crippen LogP) is 4.29. The molecule has 1 unspecified atom stereocenters. The Labute approximate surface area is 174 Å². The van der Waals surface area contributed by atoms with Crippen LogP contribution in [-0.2, 0) is 6.42 Å². The quantitative estimate of drug-likeness (QED) is 0.847. The zero-order valence-corrected chi connectivity index (χ0v) is 17.8. The van der Waals surface area contributed by atoms with Crippen molar-refractivity contribution >= 4 is 17.4 Å². The van der Waals surface area contributed by atoms with Gasteiger partial charge < -0.3 is 20.0 Å². The Morgan fingerprint density at radius 3 is 2.62 bits per heavy atom. The van der Waals surface area contributed by atoms with Crippen molar-refractivity contribution in [1.29, 1.82) is 0 Å². The number of anilines is 2. The van der Waals surface area contributed by atoms with Gasteiger partial charge >= 0.3 is 6.03 Å². The van der Waals surface area contributed by atoms with E-state index in [1.807, 2.05) is 18.0 Å². The van der Waals surface area contributed by atoms with Gasteiger partial charge in [-0.15, -0.1) is 0 Å². The summed E-state index contributed by atoms with van der Waals surface area (Å²) in [5.41, 5.74) is 5.90. The molecule has 1 heterocycles. The van der Waals surface area contributed by atoms with Crippen LogP contribution in [0.15, 0.2) is 42.5 Å². The highest BCUT2D eigenvalue weighted by Gasteiger charge is 2.26. The van der Waals surface area contributed by atoms with Crippen molar-refractivity contribution in [3.63, 3.8) is 0 Å². The number of carbonyl (C=O) groups excluding carboxylic acids is 1. The summed E-state index contributed by atoms with van der Waals surface area (Å²) in [4.78, 5) is 19.6. The summed E-state index contributed by atoms with van der Waals surface area (Å²) in [6.45, 7) is 6.35. The Morgan fingerprint density at radius 2 is 1.86 bits per heavy atom. The van der Waals surface area contributed by atoms with E-state index in [0.29, 0.717) is 0 Å². The smallest absolute Gasteiger partial charge is 0.322 e. The molecule has 2 aliphatic rings. The molecule has 5 heteroatoms. The van der Waals surface area contributed by atoms with E-state index in [1.54, 1.807) is 0 Å². The van der Waals surface area contributed by atoms with Gasteiger partial charge in [-0.25, -0.2) is 4.79 Å². The summed E-state index contributed by atoms with van der Waals surface area (Å²) in [5, 5.41) is 3.14. The average Bonchev–Trinajstić information content (AvgIpc) is 2.74. The van der Waals surface area contributed by atoms with Crippen molar-refractivity contribution in [3.8, 4) is 0 Å². The highest BCUT2D eigenvalue weighted by Crippen LogP contribution is 2.34. The zero-order chi connectivity index (χ0) is 20.4. The van der Waals surface area contributed by atoms with Crippen LogP contribution in [0.1, 0.15) is 35.6 Å². The molecule has 0 saturated carbocycles. The third-order valence-electron chi connectivity index (χ3n) is 6.45. The molecular weight excluding hydrogens is 360 g/mol. The number of benzene rings is 2. The molecular formula is C24H32N4O. The van der Waals surface area contributed by atoms with Crippen molar-refractivity contribution in [2.75, 3.05) is 50.5 Å². The lowest BCUT2D eigenvalue weighted by Crippen LogP contribution is -2.44. The molecule has 154 valence electrons. The summed E-state index contributed by atoms with van der Waals surface area (Å²) in [6.07, 6.45) is 3.25. The van der Waals surface area contributed by atoms with Gasteiger partial charge in [-0.3, -0.25) is 0 Å². The standard InChI is InChI=1S/C24H32N4O/c1-18-17-20(28-15-13-26(2)14-16-28)11-12-22(18)25-24(29)27(3)23-10-6-8-19-7-4-5-9-21(19)23/h4-5,7,9,11-12,17,23H,6,8,10,13-16H2,1-3H3,(H,25,29). The third kappa shape index (κ3) is 4.25. The fourth-order valence-electron chi connectivity index (χ4n) is 4.52. The molecule has 2 aromatic rings. The zero-order valence-electron chi connectivity index (χ0n) is 17.8. The second-order valence-electron chi connectivity index (χ2n) is 8.44. The van der Waals surface area contributed by atoms with E-state index in [4.69, 9.17) is 0 Å². The Morgan fingerprint density at radius 1 is 1.10 bits per heavy atom. The minimum atomic E-state index is -0.0397. The molecule has 0 bridgehead atoms. The van der Waals surface area contributed by atoms with Crippen LogP contribution in [0, 0.1) is 6.92 Å².